The summed E-state index contributed by atoms with van der Waals surface area (Å²) in [6.07, 6.45) is 1.62. The number of carbonyl (C=O) groups excluding carboxylic acids is 2. The van der Waals surface area contributed by atoms with Gasteiger partial charge in [-0.3, -0.25) is 9.59 Å². The van der Waals surface area contributed by atoms with E-state index in [9.17, 15) is 14.0 Å². The highest BCUT2D eigenvalue weighted by molar-refractivity contribution is 5.94. The first-order valence-corrected chi connectivity index (χ1v) is 7.70. The minimum absolute atomic E-state index is 0.0149. The largest absolute Gasteiger partial charge is 0.326 e. The molecule has 0 aliphatic rings. The fourth-order valence-electron chi connectivity index (χ4n) is 2.33. The average molecular weight is 354 g/mol. The number of rotatable bonds is 5. The number of hydrogen-bond donors (Lipinski definition) is 2. The monoisotopic (exact) mass is 354 g/mol. The summed E-state index contributed by atoms with van der Waals surface area (Å²) in [5.41, 5.74) is 1.98. The SMILES string of the molecule is CC(=O)Nc1cc(NC(=O)Cc2ccc(-n3cnnn3)cc2)ccc1F. The molecular formula is C17H15FN6O2. The van der Waals surface area contributed by atoms with Crippen LogP contribution in [-0.4, -0.2) is 32.0 Å². The first kappa shape index (κ1) is 17.2. The molecule has 0 atom stereocenters. The molecule has 26 heavy (non-hydrogen) atoms. The maximum atomic E-state index is 13.6. The Balaban J connectivity index is 1.64. The molecule has 0 spiro atoms. The maximum absolute atomic E-state index is 13.6. The van der Waals surface area contributed by atoms with Crippen LogP contribution in [0.1, 0.15) is 12.5 Å². The molecule has 0 aliphatic heterocycles. The zero-order valence-corrected chi connectivity index (χ0v) is 13.8. The van der Waals surface area contributed by atoms with Crippen LogP contribution in [0, 0.1) is 5.82 Å². The summed E-state index contributed by atoms with van der Waals surface area (Å²) in [6, 6.07) is 11.2. The molecule has 2 aromatic carbocycles. The van der Waals surface area contributed by atoms with Crippen LogP contribution >= 0.6 is 0 Å². The third-order valence-electron chi connectivity index (χ3n) is 3.48. The number of hydrogen-bond acceptors (Lipinski definition) is 5. The summed E-state index contributed by atoms with van der Waals surface area (Å²) < 4.78 is 15.1. The first-order chi connectivity index (χ1) is 12.5. The Bertz CT molecular complexity index is 925. The quantitative estimate of drug-likeness (QED) is 0.729. The molecule has 9 heteroatoms. The first-order valence-electron chi connectivity index (χ1n) is 7.70. The molecule has 2 N–H and O–H groups in total. The molecule has 2 amide bonds. The van der Waals surface area contributed by atoms with Crippen molar-refractivity contribution in [2.45, 2.75) is 13.3 Å². The van der Waals surface area contributed by atoms with Gasteiger partial charge in [0.1, 0.15) is 12.1 Å². The number of carbonyl (C=O) groups is 2. The van der Waals surface area contributed by atoms with Gasteiger partial charge in [0.05, 0.1) is 17.8 Å². The molecule has 132 valence electrons. The number of tetrazole rings is 1. The number of benzene rings is 2. The van der Waals surface area contributed by atoms with Gasteiger partial charge in [-0.2, -0.15) is 0 Å². The summed E-state index contributed by atoms with van der Waals surface area (Å²) in [7, 11) is 0. The summed E-state index contributed by atoms with van der Waals surface area (Å²) in [6.45, 7) is 1.28. The Morgan fingerprint density at radius 3 is 2.54 bits per heavy atom. The van der Waals surface area contributed by atoms with Crippen molar-refractivity contribution >= 4 is 23.2 Å². The molecule has 8 nitrogen and oxygen atoms in total. The molecular weight excluding hydrogens is 339 g/mol. The predicted octanol–water partition coefficient (Wildman–Crippen LogP) is 1.94. The summed E-state index contributed by atoms with van der Waals surface area (Å²) in [5.74, 6) is -1.23. The van der Waals surface area contributed by atoms with E-state index in [-0.39, 0.29) is 18.0 Å². The highest BCUT2D eigenvalue weighted by Crippen LogP contribution is 2.20. The van der Waals surface area contributed by atoms with Crippen molar-refractivity contribution < 1.29 is 14.0 Å². The van der Waals surface area contributed by atoms with Gasteiger partial charge < -0.3 is 10.6 Å². The fraction of sp³-hybridized carbons (Fsp3) is 0.118. The summed E-state index contributed by atoms with van der Waals surface area (Å²) in [5, 5.41) is 16.0. The van der Waals surface area contributed by atoms with Crippen molar-refractivity contribution in [3.8, 4) is 5.69 Å². The average Bonchev–Trinajstić information content (AvgIpc) is 3.12. The van der Waals surface area contributed by atoms with Crippen LogP contribution in [0.25, 0.3) is 5.69 Å². The van der Waals surface area contributed by atoms with E-state index in [1.54, 1.807) is 24.3 Å². The van der Waals surface area contributed by atoms with Gasteiger partial charge in [-0.1, -0.05) is 12.1 Å². The standard InChI is InChI=1S/C17H15FN6O2/c1-11(25)20-16-9-13(4-7-15(16)18)21-17(26)8-12-2-5-14(6-3-12)24-10-19-22-23-24/h2-7,9-10H,8H2,1H3,(H,20,25)(H,21,26). The Hall–Kier alpha value is -3.62. The lowest BCUT2D eigenvalue weighted by molar-refractivity contribution is -0.115. The van der Waals surface area contributed by atoms with Crippen molar-refractivity contribution in [3.63, 3.8) is 0 Å². The number of aromatic nitrogens is 4. The lowest BCUT2D eigenvalue weighted by Crippen LogP contribution is -2.15. The fourth-order valence-corrected chi connectivity index (χ4v) is 2.33. The zero-order valence-electron chi connectivity index (χ0n) is 13.8. The highest BCUT2D eigenvalue weighted by Gasteiger charge is 2.09. The van der Waals surface area contributed by atoms with E-state index >= 15 is 0 Å². The number of anilines is 2. The van der Waals surface area contributed by atoms with Gasteiger partial charge in [0.2, 0.25) is 11.8 Å². The van der Waals surface area contributed by atoms with Crippen LogP contribution in [0.4, 0.5) is 15.8 Å². The lowest BCUT2D eigenvalue weighted by Gasteiger charge is -2.09. The van der Waals surface area contributed by atoms with Crippen LogP contribution in [0.3, 0.4) is 0 Å². The second-order valence-corrected chi connectivity index (χ2v) is 5.52. The van der Waals surface area contributed by atoms with Gasteiger partial charge in [-0.25, -0.2) is 9.07 Å². The molecule has 1 heterocycles. The molecule has 0 saturated carbocycles. The van der Waals surface area contributed by atoms with Crippen molar-refractivity contribution in [1.82, 2.24) is 20.2 Å². The number of nitrogens with zero attached hydrogens (tertiary/aromatic N) is 4. The van der Waals surface area contributed by atoms with E-state index in [1.807, 2.05) is 0 Å². The van der Waals surface area contributed by atoms with Crippen molar-refractivity contribution in [2.24, 2.45) is 0 Å². The van der Waals surface area contributed by atoms with E-state index in [0.29, 0.717) is 5.69 Å². The Kier molecular flexibility index (Phi) is 4.97. The molecule has 3 rings (SSSR count). The van der Waals surface area contributed by atoms with Gasteiger partial charge in [0.15, 0.2) is 0 Å². The molecule has 0 aliphatic carbocycles. The highest BCUT2D eigenvalue weighted by atomic mass is 19.1. The molecule has 1 aromatic heterocycles. The second kappa shape index (κ2) is 7.51. The van der Waals surface area contributed by atoms with Crippen molar-refractivity contribution in [3.05, 3.63) is 60.2 Å². The van der Waals surface area contributed by atoms with Gasteiger partial charge in [-0.05, 0) is 46.3 Å². The zero-order chi connectivity index (χ0) is 18.5. The minimum atomic E-state index is -0.573. The summed E-state index contributed by atoms with van der Waals surface area (Å²) in [4.78, 5) is 23.3. The van der Waals surface area contributed by atoms with Gasteiger partial charge in [-0.15, -0.1) is 5.10 Å². The van der Waals surface area contributed by atoms with Crippen LogP contribution in [0.5, 0.6) is 0 Å². The molecule has 0 radical (unpaired) electrons. The minimum Gasteiger partial charge on any atom is -0.326 e. The third kappa shape index (κ3) is 4.26. The van der Waals surface area contributed by atoms with Crippen LogP contribution < -0.4 is 10.6 Å². The maximum Gasteiger partial charge on any atom is 0.228 e. The number of halogens is 1. The third-order valence-corrected chi connectivity index (χ3v) is 3.48. The van der Waals surface area contributed by atoms with Gasteiger partial charge in [0.25, 0.3) is 0 Å². The Morgan fingerprint density at radius 2 is 1.88 bits per heavy atom. The van der Waals surface area contributed by atoms with E-state index in [2.05, 4.69) is 26.2 Å². The van der Waals surface area contributed by atoms with E-state index in [0.717, 1.165) is 11.3 Å². The van der Waals surface area contributed by atoms with E-state index in [4.69, 9.17) is 0 Å². The molecule has 0 unspecified atom stereocenters. The normalized spacial score (nSPS) is 10.4. The molecule has 0 saturated heterocycles. The Morgan fingerprint density at radius 1 is 1.12 bits per heavy atom. The van der Waals surface area contributed by atoms with Crippen LogP contribution in [0.15, 0.2) is 48.8 Å². The van der Waals surface area contributed by atoms with E-state index in [1.165, 1.54) is 36.1 Å². The smallest absolute Gasteiger partial charge is 0.228 e. The molecule has 0 bridgehead atoms. The lowest BCUT2D eigenvalue weighted by atomic mass is 10.1. The molecule has 0 fully saturated rings. The van der Waals surface area contributed by atoms with Crippen molar-refractivity contribution in [1.29, 1.82) is 0 Å². The topological polar surface area (TPSA) is 102 Å². The van der Waals surface area contributed by atoms with Gasteiger partial charge >= 0.3 is 0 Å². The molecule has 3 aromatic rings. The predicted molar refractivity (Wildman–Crippen MR) is 92.2 cm³/mol. The number of amides is 2. The second-order valence-electron chi connectivity index (χ2n) is 5.52. The number of nitrogens with one attached hydrogen (secondary N) is 2. The van der Waals surface area contributed by atoms with Crippen LogP contribution in [-0.2, 0) is 16.0 Å². The Labute approximate surface area is 148 Å². The van der Waals surface area contributed by atoms with E-state index < -0.39 is 11.7 Å². The van der Waals surface area contributed by atoms with Crippen LogP contribution in [0.2, 0.25) is 0 Å². The van der Waals surface area contributed by atoms with Gasteiger partial charge in [0, 0.05) is 12.6 Å². The summed E-state index contributed by atoms with van der Waals surface area (Å²) >= 11 is 0. The van der Waals surface area contributed by atoms with Crippen molar-refractivity contribution in [2.75, 3.05) is 10.6 Å².